The summed E-state index contributed by atoms with van der Waals surface area (Å²) in [4.78, 5) is 12.2. The number of thiocarbonyl (C=S) groups is 1. The first-order valence-electron chi connectivity index (χ1n) is 6.03. The van der Waals surface area contributed by atoms with E-state index in [0.717, 1.165) is 3.57 Å². The number of hydrogen-bond acceptors (Lipinski definition) is 3. The van der Waals surface area contributed by atoms with Crippen molar-refractivity contribution in [2.75, 3.05) is 5.32 Å². The van der Waals surface area contributed by atoms with Gasteiger partial charge in [-0.2, -0.15) is 0 Å². The molecule has 2 aromatic rings. The number of hydrogen-bond donors (Lipinski definition) is 3. The Morgan fingerprint density at radius 1 is 1.09 bits per heavy atom. The number of rotatable bonds is 2. The minimum Gasteiger partial charge on any atom is -0.505 e. The smallest absolute Gasteiger partial charge is 0.258 e. The number of phenolic OH excluding ortho intramolecular Hbond substituents is 1. The van der Waals surface area contributed by atoms with Gasteiger partial charge in [-0.25, -0.2) is 0 Å². The summed E-state index contributed by atoms with van der Waals surface area (Å²) in [6.07, 6.45) is 0. The zero-order valence-electron chi connectivity index (χ0n) is 11.2. The normalized spacial score (nSPS) is 10.3. The Kier molecular flexibility index (Phi) is 6.33. The molecule has 120 valence electrons. The van der Waals surface area contributed by atoms with E-state index in [2.05, 4.69) is 33.2 Å². The number of carbonyl (C=O) groups is 1. The summed E-state index contributed by atoms with van der Waals surface area (Å²) >= 11 is 24.8. The average molecular weight is 502 g/mol. The zero-order valence-corrected chi connectivity index (χ0v) is 16.4. The van der Waals surface area contributed by atoms with Crippen molar-refractivity contribution in [1.29, 1.82) is 0 Å². The van der Waals surface area contributed by atoms with Crippen LogP contribution in [0.4, 0.5) is 5.69 Å². The fourth-order valence-electron chi connectivity index (χ4n) is 1.64. The van der Waals surface area contributed by atoms with Crippen molar-refractivity contribution in [1.82, 2.24) is 5.32 Å². The Balaban J connectivity index is 2.10. The van der Waals surface area contributed by atoms with E-state index in [1.165, 1.54) is 12.1 Å². The molecule has 9 heteroatoms. The van der Waals surface area contributed by atoms with E-state index in [9.17, 15) is 9.90 Å². The lowest BCUT2D eigenvalue weighted by atomic mass is 10.2. The summed E-state index contributed by atoms with van der Waals surface area (Å²) in [7, 11) is 0. The van der Waals surface area contributed by atoms with E-state index in [0.29, 0.717) is 16.3 Å². The van der Waals surface area contributed by atoms with Crippen LogP contribution in [0.5, 0.6) is 5.75 Å². The lowest BCUT2D eigenvalue weighted by Gasteiger charge is -2.12. The van der Waals surface area contributed by atoms with E-state index in [1.54, 1.807) is 18.2 Å². The first-order valence-corrected chi connectivity index (χ1v) is 8.65. The summed E-state index contributed by atoms with van der Waals surface area (Å²) in [5, 5.41) is 15.3. The lowest BCUT2D eigenvalue weighted by Crippen LogP contribution is -2.34. The molecule has 2 rings (SSSR count). The van der Waals surface area contributed by atoms with E-state index in [4.69, 9.17) is 47.0 Å². The number of amides is 1. The molecule has 0 unspecified atom stereocenters. The Labute approximate surface area is 166 Å². The van der Waals surface area contributed by atoms with Crippen molar-refractivity contribution in [3.8, 4) is 5.75 Å². The third-order valence-electron chi connectivity index (χ3n) is 2.67. The molecule has 23 heavy (non-hydrogen) atoms. The van der Waals surface area contributed by atoms with Gasteiger partial charge in [-0.05, 0) is 65.1 Å². The van der Waals surface area contributed by atoms with Gasteiger partial charge in [-0.15, -0.1) is 0 Å². The molecule has 0 radical (unpaired) electrons. The van der Waals surface area contributed by atoms with Crippen LogP contribution in [0, 0.1) is 3.57 Å². The van der Waals surface area contributed by atoms with E-state index in [1.807, 2.05) is 0 Å². The van der Waals surface area contributed by atoms with Crippen molar-refractivity contribution in [2.45, 2.75) is 0 Å². The number of carbonyl (C=O) groups excluding carboxylic acids is 1. The molecular formula is C14H8Cl3IN2O2S. The van der Waals surface area contributed by atoms with Crippen LogP contribution in [0.1, 0.15) is 10.4 Å². The van der Waals surface area contributed by atoms with Gasteiger partial charge >= 0.3 is 0 Å². The fraction of sp³-hybridized carbons (Fsp3) is 0. The van der Waals surface area contributed by atoms with Crippen LogP contribution in [0.2, 0.25) is 15.1 Å². The standard InChI is InChI=1S/C14H8Cl3IN2O2S/c15-9-2-1-6(18)3-8(9)13(22)20-14(23)19-7-4-10(16)12(21)11(17)5-7/h1-5,21H,(H2,19,20,22,23). The number of aromatic hydroxyl groups is 1. The lowest BCUT2D eigenvalue weighted by molar-refractivity contribution is 0.0978. The van der Waals surface area contributed by atoms with Crippen LogP contribution in [-0.4, -0.2) is 16.1 Å². The molecule has 0 aliphatic rings. The molecule has 0 spiro atoms. The predicted octanol–water partition coefficient (Wildman–Crippen LogP) is 5.08. The van der Waals surface area contributed by atoms with Gasteiger partial charge in [-0.1, -0.05) is 34.8 Å². The largest absolute Gasteiger partial charge is 0.505 e. The number of benzene rings is 2. The highest BCUT2D eigenvalue weighted by Gasteiger charge is 2.13. The topological polar surface area (TPSA) is 61.4 Å². The highest BCUT2D eigenvalue weighted by atomic mass is 127. The van der Waals surface area contributed by atoms with Crippen LogP contribution >= 0.6 is 69.6 Å². The molecular weight excluding hydrogens is 493 g/mol. The molecule has 0 atom stereocenters. The number of nitrogens with one attached hydrogen (secondary N) is 2. The van der Waals surface area contributed by atoms with Crippen LogP contribution in [-0.2, 0) is 0 Å². The molecule has 0 bridgehead atoms. The molecule has 0 heterocycles. The Morgan fingerprint density at radius 3 is 2.30 bits per heavy atom. The van der Waals surface area contributed by atoms with Crippen LogP contribution in [0.25, 0.3) is 0 Å². The van der Waals surface area contributed by atoms with Crippen LogP contribution in [0.3, 0.4) is 0 Å². The second-order valence-corrected chi connectivity index (χ2v) is 7.20. The molecule has 0 saturated carbocycles. The van der Waals surface area contributed by atoms with Crippen molar-refractivity contribution >= 4 is 86.3 Å². The molecule has 0 aliphatic carbocycles. The predicted molar refractivity (Wildman–Crippen MR) is 106 cm³/mol. The number of phenols is 1. The molecule has 4 nitrogen and oxygen atoms in total. The maximum absolute atomic E-state index is 12.2. The Bertz CT molecular complexity index is 779. The van der Waals surface area contributed by atoms with Gasteiger partial charge in [0, 0.05) is 9.26 Å². The first-order chi connectivity index (χ1) is 10.8. The van der Waals surface area contributed by atoms with Gasteiger partial charge in [0.15, 0.2) is 10.9 Å². The van der Waals surface area contributed by atoms with E-state index < -0.39 is 5.91 Å². The molecule has 0 saturated heterocycles. The Morgan fingerprint density at radius 2 is 1.70 bits per heavy atom. The molecule has 1 amide bonds. The average Bonchev–Trinajstić information content (AvgIpc) is 2.46. The van der Waals surface area contributed by atoms with Gasteiger partial charge in [-0.3, -0.25) is 10.1 Å². The molecule has 0 aliphatic heterocycles. The second-order valence-electron chi connectivity index (χ2n) is 4.32. The Hall–Kier alpha value is -0.800. The molecule has 0 fully saturated rings. The molecule has 3 N–H and O–H groups in total. The van der Waals surface area contributed by atoms with Crippen molar-refractivity contribution in [3.05, 3.63) is 54.5 Å². The van der Waals surface area contributed by atoms with E-state index in [-0.39, 0.29) is 20.9 Å². The zero-order chi connectivity index (χ0) is 17.1. The maximum Gasteiger partial charge on any atom is 0.258 e. The van der Waals surface area contributed by atoms with Gasteiger partial charge in [0.2, 0.25) is 0 Å². The van der Waals surface area contributed by atoms with E-state index >= 15 is 0 Å². The molecule has 2 aromatic carbocycles. The fourth-order valence-corrected chi connectivity index (χ4v) is 3.03. The highest BCUT2D eigenvalue weighted by molar-refractivity contribution is 14.1. The summed E-state index contributed by atoms with van der Waals surface area (Å²) in [6.45, 7) is 0. The quantitative estimate of drug-likeness (QED) is 0.305. The number of anilines is 1. The second kappa shape index (κ2) is 7.85. The maximum atomic E-state index is 12.2. The van der Waals surface area contributed by atoms with Crippen LogP contribution < -0.4 is 10.6 Å². The summed E-state index contributed by atoms with van der Waals surface area (Å²) in [5.41, 5.74) is 0.737. The monoisotopic (exact) mass is 500 g/mol. The molecule has 0 aromatic heterocycles. The summed E-state index contributed by atoms with van der Waals surface area (Å²) < 4.78 is 0.869. The summed E-state index contributed by atoms with van der Waals surface area (Å²) in [6, 6.07) is 7.93. The number of halogens is 4. The minimum atomic E-state index is -0.443. The third kappa shape index (κ3) is 4.84. The van der Waals surface area contributed by atoms with Crippen molar-refractivity contribution in [2.24, 2.45) is 0 Å². The highest BCUT2D eigenvalue weighted by Crippen LogP contribution is 2.34. The van der Waals surface area contributed by atoms with Gasteiger partial charge in [0.25, 0.3) is 5.91 Å². The SMILES string of the molecule is O=C(NC(=S)Nc1cc(Cl)c(O)c(Cl)c1)c1cc(I)ccc1Cl. The third-order valence-corrected chi connectivity index (χ3v) is 4.46. The summed E-state index contributed by atoms with van der Waals surface area (Å²) in [5.74, 6) is -0.665. The van der Waals surface area contributed by atoms with Gasteiger partial charge in [0.05, 0.1) is 20.6 Å². The van der Waals surface area contributed by atoms with Gasteiger partial charge < -0.3 is 10.4 Å². The van der Waals surface area contributed by atoms with Crippen LogP contribution in [0.15, 0.2) is 30.3 Å². The van der Waals surface area contributed by atoms with Gasteiger partial charge in [0.1, 0.15) is 0 Å². The minimum absolute atomic E-state index is 0.0442. The van der Waals surface area contributed by atoms with Crippen molar-refractivity contribution in [3.63, 3.8) is 0 Å². The van der Waals surface area contributed by atoms with Crippen molar-refractivity contribution < 1.29 is 9.90 Å². The first kappa shape index (κ1) is 18.5.